The monoisotopic (exact) mass is 321 g/mol. The van der Waals surface area contributed by atoms with E-state index in [9.17, 15) is 13.2 Å². The van der Waals surface area contributed by atoms with Gasteiger partial charge in [-0.1, -0.05) is 30.3 Å². The van der Waals surface area contributed by atoms with Crippen molar-refractivity contribution in [2.75, 3.05) is 0 Å². The first-order valence-corrected chi connectivity index (χ1v) is 7.95. The van der Waals surface area contributed by atoms with Crippen LogP contribution in [-0.4, -0.2) is 5.51 Å². The fourth-order valence-electron chi connectivity index (χ4n) is 3.76. The van der Waals surface area contributed by atoms with Gasteiger partial charge in [0, 0.05) is 10.9 Å². The topological polar surface area (TPSA) is 12.0 Å². The van der Waals surface area contributed by atoms with E-state index in [0.29, 0.717) is 0 Å². The second kappa shape index (κ2) is 4.52. The Bertz CT molecular complexity index is 756. The summed E-state index contributed by atoms with van der Waals surface area (Å²) in [6.45, 7) is 2.06. The second-order valence-electron chi connectivity index (χ2n) is 5.98. The zero-order valence-corrected chi connectivity index (χ0v) is 12.7. The Kier molecular flexibility index (Phi) is 2.91. The molecule has 2 heterocycles. The number of thioether (sulfide) groups is 1. The highest BCUT2D eigenvalue weighted by molar-refractivity contribution is 8.00. The Morgan fingerprint density at radius 1 is 1.14 bits per heavy atom. The first kappa shape index (κ1) is 14.2. The molecule has 0 aliphatic carbocycles. The van der Waals surface area contributed by atoms with Gasteiger partial charge in [0.15, 0.2) is 0 Å². The molecule has 2 aromatic rings. The van der Waals surface area contributed by atoms with Crippen molar-refractivity contribution >= 4 is 11.8 Å². The van der Waals surface area contributed by atoms with Crippen LogP contribution in [-0.2, 0) is 12.0 Å². The SMILES string of the molecule is CC12NC(Cc3ccc(SC(F)(F)F)cc31)c1ccccc12. The maximum absolute atomic E-state index is 12.6. The average molecular weight is 321 g/mol. The Labute approximate surface area is 130 Å². The normalized spacial score (nSPS) is 25.7. The minimum absolute atomic E-state index is 0.0481. The molecule has 2 aliphatic heterocycles. The Morgan fingerprint density at radius 3 is 2.68 bits per heavy atom. The Hall–Kier alpha value is -1.46. The maximum atomic E-state index is 12.6. The molecule has 0 aromatic heterocycles. The van der Waals surface area contributed by atoms with Crippen LogP contribution in [0.1, 0.15) is 35.2 Å². The molecular weight excluding hydrogens is 307 g/mol. The van der Waals surface area contributed by atoms with Crippen LogP contribution in [0.2, 0.25) is 0 Å². The standard InChI is InChI=1S/C17H14F3NS/c1-16-13-5-3-2-4-12(13)15(21-16)8-10-6-7-11(9-14(10)16)22-17(18,19)20/h2-7,9,15,21H,8H2,1H3. The highest BCUT2D eigenvalue weighted by atomic mass is 32.2. The van der Waals surface area contributed by atoms with Crippen molar-refractivity contribution < 1.29 is 13.2 Å². The van der Waals surface area contributed by atoms with Crippen LogP contribution in [0.15, 0.2) is 47.4 Å². The van der Waals surface area contributed by atoms with E-state index in [1.807, 2.05) is 18.2 Å². The third kappa shape index (κ3) is 2.07. The summed E-state index contributed by atoms with van der Waals surface area (Å²) in [5.74, 6) is 0. The number of rotatable bonds is 1. The highest BCUT2D eigenvalue weighted by Crippen LogP contribution is 2.49. The van der Waals surface area contributed by atoms with Gasteiger partial charge in [0.05, 0.1) is 5.54 Å². The lowest BCUT2D eigenvalue weighted by Crippen LogP contribution is -2.41. The number of fused-ring (bicyclic) bond motifs is 7. The predicted octanol–water partition coefficient (Wildman–Crippen LogP) is 4.76. The fourth-order valence-corrected chi connectivity index (χ4v) is 4.34. The highest BCUT2D eigenvalue weighted by Gasteiger charge is 2.45. The minimum Gasteiger partial charge on any atom is -0.297 e. The summed E-state index contributed by atoms with van der Waals surface area (Å²) in [4.78, 5) is 0.247. The molecule has 2 aromatic carbocycles. The molecule has 0 saturated heterocycles. The van der Waals surface area contributed by atoms with Crippen LogP contribution < -0.4 is 5.32 Å². The lowest BCUT2D eigenvalue weighted by Gasteiger charge is -2.35. The zero-order valence-electron chi connectivity index (χ0n) is 11.9. The predicted molar refractivity (Wildman–Crippen MR) is 80.8 cm³/mol. The first-order valence-electron chi connectivity index (χ1n) is 7.13. The Balaban J connectivity index is 1.84. The number of alkyl halides is 3. The van der Waals surface area contributed by atoms with Crippen LogP contribution in [0.4, 0.5) is 13.2 Å². The van der Waals surface area contributed by atoms with E-state index in [4.69, 9.17) is 0 Å². The van der Waals surface area contributed by atoms with Crippen molar-refractivity contribution in [3.63, 3.8) is 0 Å². The van der Waals surface area contributed by atoms with Crippen molar-refractivity contribution in [3.8, 4) is 0 Å². The van der Waals surface area contributed by atoms with Gasteiger partial charge in [-0.3, -0.25) is 5.32 Å². The fraction of sp³-hybridized carbons (Fsp3) is 0.294. The van der Waals surface area contributed by atoms with E-state index in [2.05, 4.69) is 24.4 Å². The molecule has 4 rings (SSSR count). The lowest BCUT2D eigenvalue weighted by atomic mass is 9.82. The van der Waals surface area contributed by atoms with Gasteiger partial charge in [-0.05, 0) is 59.5 Å². The van der Waals surface area contributed by atoms with Gasteiger partial charge >= 0.3 is 5.51 Å². The van der Waals surface area contributed by atoms with Gasteiger partial charge in [0.25, 0.3) is 0 Å². The van der Waals surface area contributed by atoms with Gasteiger partial charge in [0.1, 0.15) is 0 Å². The van der Waals surface area contributed by atoms with Crippen molar-refractivity contribution in [1.29, 1.82) is 0 Å². The van der Waals surface area contributed by atoms with E-state index >= 15 is 0 Å². The molecule has 0 spiro atoms. The van der Waals surface area contributed by atoms with Gasteiger partial charge < -0.3 is 0 Å². The maximum Gasteiger partial charge on any atom is 0.446 e. The molecule has 2 atom stereocenters. The van der Waals surface area contributed by atoms with Crippen LogP contribution in [0.5, 0.6) is 0 Å². The molecule has 2 unspecified atom stereocenters. The molecule has 0 saturated carbocycles. The summed E-state index contributed by atoms with van der Waals surface area (Å²) in [6, 6.07) is 13.5. The van der Waals surface area contributed by atoms with Crippen molar-refractivity contribution in [2.24, 2.45) is 0 Å². The quantitative estimate of drug-likeness (QED) is 0.760. The summed E-state index contributed by atoms with van der Waals surface area (Å²) in [7, 11) is 0. The lowest BCUT2D eigenvalue weighted by molar-refractivity contribution is -0.0328. The summed E-state index contributed by atoms with van der Waals surface area (Å²) >= 11 is -0.0481. The Morgan fingerprint density at radius 2 is 1.91 bits per heavy atom. The smallest absolute Gasteiger partial charge is 0.297 e. The molecule has 5 heteroatoms. The van der Waals surface area contributed by atoms with Crippen molar-refractivity contribution in [1.82, 2.24) is 5.32 Å². The zero-order chi connectivity index (χ0) is 15.5. The van der Waals surface area contributed by atoms with E-state index < -0.39 is 11.0 Å². The van der Waals surface area contributed by atoms with Crippen molar-refractivity contribution in [3.05, 3.63) is 64.7 Å². The third-order valence-corrected chi connectivity index (χ3v) is 5.34. The largest absolute Gasteiger partial charge is 0.446 e. The van der Waals surface area contributed by atoms with E-state index in [1.165, 1.54) is 11.1 Å². The van der Waals surface area contributed by atoms with Crippen molar-refractivity contribution in [2.45, 2.75) is 35.3 Å². The second-order valence-corrected chi connectivity index (χ2v) is 7.12. The molecule has 114 valence electrons. The number of hydrogen-bond donors (Lipinski definition) is 1. The van der Waals surface area contributed by atoms with E-state index in [-0.39, 0.29) is 22.7 Å². The van der Waals surface area contributed by atoms with Gasteiger partial charge in [-0.15, -0.1) is 0 Å². The van der Waals surface area contributed by atoms with Crippen LogP contribution in [0, 0.1) is 0 Å². The molecule has 2 bridgehead atoms. The molecule has 1 N–H and O–H groups in total. The number of benzene rings is 2. The number of hydrogen-bond acceptors (Lipinski definition) is 2. The molecule has 0 fully saturated rings. The van der Waals surface area contributed by atoms with Gasteiger partial charge in [0.2, 0.25) is 0 Å². The molecule has 1 nitrogen and oxygen atoms in total. The third-order valence-electron chi connectivity index (χ3n) is 4.62. The molecule has 2 aliphatic rings. The molecule has 0 amide bonds. The summed E-state index contributed by atoms with van der Waals surface area (Å²) in [5.41, 5.74) is -0.138. The number of nitrogens with one attached hydrogen (secondary N) is 1. The molecular formula is C17H14F3NS. The average Bonchev–Trinajstić information content (AvgIpc) is 2.69. The molecule has 0 radical (unpaired) electrons. The van der Waals surface area contributed by atoms with Crippen LogP contribution in [0.3, 0.4) is 0 Å². The molecule has 22 heavy (non-hydrogen) atoms. The first-order chi connectivity index (χ1) is 10.4. The van der Waals surface area contributed by atoms with Crippen LogP contribution >= 0.6 is 11.8 Å². The van der Waals surface area contributed by atoms with Gasteiger partial charge in [-0.25, -0.2) is 0 Å². The number of halogens is 3. The van der Waals surface area contributed by atoms with E-state index in [1.54, 1.807) is 12.1 Å². The van der Waals surface area contributed by atoms with Crippen LogP contribution in [0.25, 0.3) is 0 Å². The van der Waals surface area contributed by atoms with Gasteiger partial charge in [-0.2, -0.15) is 13.2 Å². The van der Waals surface area contributed by atoms with E-state index in [0.717, 1.165) is 17.5 Å². The summed E-state index contributed by atoms with van der Waals surface area (Å²) in [6.07, 6.45) is 0.818. The minimum atomic E-state index is -4.26. The summed E-state index contributed by atoms with van der Waals surface area (Å²) < 4.78 is 37.9. The summed E-state index contributed by atoms with van der Waals surface area (Å²) in [5, 5.41) is 3.59.